The van der Waals surface area contributed by atoms with Gasteiger partial charge >= 0.3 is 0 Å². The second kappa shape index (κ2) is 10.6. The van der Waals surface area contributed by atoms with E-state index in [9.17, 15) is 19.8 Å². The summed E-state index contributed by atoms with van der Waals surface area (Å²) in [6.07, 6.45) is 3.24. The Bertz CT molecular complexity index is 1170. The van der Waals surface area contributed by atoms with Gasteiger partial charge in [-0.25, -0.2) is 4.98 Å². The molecule has 1 heterocycles. The molecule has 0 aliphatic heterocycles. The molecule has 1 saturated carbocycles. The van der Waals surface area contributed by atoms with Crippen LogP contribution in [0.4, 0.5) is 5.13 Å². The summed E-state index contributed by atoms with van der Waals surface area (Å²) in [6, 6.07) is 6.86. The van der Waals surface area contributed by atoms with E-state index in [4.69, 9.17) is 9.72 Å². The second-order valence-corrected chi connectivity index (χ2v) is 11.9. The fourth-order valence-corrected chi connectivity index (χ4v) is 7.30. The number of benzene rings is 1. The number of aliphatic hydroxyl groups excluding tert-OH is 2. The van der Waals surface area contributed by atoms with E-state index >= 15 is 0 Å². The van der Waals surface area contributed by atoms with Crippen molar-refractivity contribution in [1.29, 1.82) is 0 Å². The molecule has 3 N–H and O–H groups in total. The number of hydrogen-bond acceptors (Lipinski definition) is 7. The zero-order valence-corrected chi connectivity index (χ0v) is 22.8. The molecule has 1 fully saturated rings. The molecule has 200 valence electrons. The van der Waals surface area contributed by atoms with Gasteiger partial charge in [-0.05, 0) is 54.9 Å². The quantitative estimate of drug-likeness (QED) is 0.450. The third-order valence-electron chi connectivity index (χ3n) is 8.67. The van der Waals surface area contributed by atoms with Crippen LogP contribution < -0.4 is 10.1 Å². The topological polar surface area (TPSA) is 112 Å². The Hall–Kier alpha value is -2.75. The molecular formula is C28H37N3O5S. The largest absolute Gasteiger partial charge is 0.497 e. The number of thiazole rings is 1. The van der Waals surface area contributed by atoms with Crippen LogP contribution in [0, 0.1) is 16.7 Å². The standard InChI is InChI=1S/C28H37N3O5S/c1-6-13-31(4)23(34)14-19-24-20(15-21-27(19,2)12-11-22(33)28(21,3)16-32)37-26(29-24)30-25(35)17-7-9-18(36-5)10-8-17/h6-10,19,21-22,32-33H,1,11-16H2,2-5H3,(H,29,30,35). The van der Waals surface area contributed by atoms with Crippen LogP contribution in [0.25, 0.3) is 0 Å². The fourth-order valence-electron chi connectivity index (χ4n) is 6.24. The van der Waals surface area contributed by atoms with E-state index < -0.39 is 11.5 Å². The predicted octanol–water partition coefficient (Wildman–Crippen LogP) is 3.85. The van der Waals surface area contributed by atoms with Gasteiger partial charge in [-0.1, -0.05) is 19.9 Å². The summed E-state index contributed by atoms with van der Waals surface area (Å²) >= 11 is 1.41. The molecule has 1 aromatic carbocycles. The molecule has 0 saturated heterocycles. The van der Waals surface area contributed by atoms with Gasteiger partial charge < -0.3 is 19.8 Å². The third kappa shape index (κ3) is 4.92. The summed E-state index contributed by atoms with van der Waals surface area (Å²) in [6.45, 7) is 8.17. The minimum atomic E-state index is -0.699. The first kappa shape index (κ1) is 27.3. The molecule has 2 aromatic rings. The number of likely N-dealkylation sites (N-methyl/N-ethyl adjacent to an activating group) is 1. The summed E-state index contributed by atoms with van der Waals surface area (Å²) < 4.78 is 5.17. The normalized spacial score (nSPS) is 28.5. The van der Waals surface area contributed by atoms with Crippen LogP contribution in [0.1, 0.15) is 60.0 Å². The van der Waals surface area contributed by atoms with Crippen LogP contribution in [0.15, 0.2) is 36.9 Å². The van der Waals surface area contributed by atoms with E-state index in [2.05, 4.69) is 18.8 Å². The molecule has 5 atom stereocenters. The van der Waals surface area contributed by atoms with Crippen molar-refractivity contribution in [1.82, 2.24) is 9.88 Å². The number of anilines is 1. The average molecular weight is 528 g/mol. The molecule has 5 unspecified atom stereocenters. The zero-order valence-electron chi connectivity index (χ0n) is 22.0. The predicted molar refractivity (Wildman–Crippen MR) is 144 cm³/mol. The van der Waals surface area contributed by atoms with Gasteiger partial charge in [0.25, 0.3) is 5.91 Å². The summed E-state index contributed by atoms with van der Waals surface area (Å²) in [5, 5.41) is 24.7. The molecule has 37 heavy (non-hydrogen) atoms. The Kier molecular flexibility index (Phi) is 7.78. The van der Waals surface area contributed by atoms with Crippen molar-refractivity contribution in [2.24, 2.45) is 16.7 Å². The van der Waals surface area contributed by atoms with Gasteiger partial charge in [-0.2, -0.15) is 0 Å². The van der Waals surface area contributed by atoms with E-state index in [1.807, 2.05) is 6.92 Å². The van der Waals surface area contributed by atoms with Gasteiger partial charge in [0.2, 0.25) is 5.91 Å². The van der Waals surface area contributed by atoms with Gasteiger partial charge in [0.15, 0.2) is 5.13 Å². The molecule has 0 spiro atoms. The lowest BCUT2D eigenvalue weighted by Crippen LogP contribution is -2.57. The number of rotatable bonds is 8. The molecule has 9 heteroatoms. The van der Waals surface area contributed by atoms with Crippen LogP contribution in [-0.2, 0) is 11.2 Å². The lowest BCUT2D eigenvalue weighted by atomic mass is 9.47. The van der Waals surface area contributed by atoms with E-state index in [-0.39, 0.29) is 42.1 Å². The molecule has 0 bridgehead atoms. The van der Waals surface area contributed by atoms with E-state index in [0.29, 0.717) is 35.8 Å². The van der Waals surface area contributed by atoms with Crippen molar-refractivity contribution in [3.63, 3.8) is 0 Å². The van der Waals surface area contributed by atoms with Gasteiger partial charge in [0.1, 0.15) is 5.75 Å². The minimum absolute atomic E-state index is 0.00799. The van der Waals surface area contributed by atoms with Gasteiger partial charge in [-0.3, -0.25) is 14.9 Å². The van der Waals surface area contributed by atoms with E-state index in [0.717, 1.165) is 17.0 Å². The number of carbonyl (C=O) groups excluding carboxylic acids is 2. The number of nitrogens with one attached hydrogen (secondary N) is 1. The lowest BCUT2D eigenvalue weighted by Gasteiger charge is -2.58. The fraction of sp³-hybridized carbons (Fsp3) is 0.536. The Morgan fingerprint density at radius 3 is 2.65 bits per heavy atom. The van der Waals surface area contributed by atoms with Crippen molar-refractivity contribution in [2.45, 2.75) is 51.6 Å². The summed E-state index contributed by atoms with van der Waals surface area (Å²) in [4.78, 5) is 33.7. The summed E-state index contributed by atoms with van der Waals surface area (Å²) in [7, 11) is 3.34. The number of ether oxygens (including phenoxy) is 1. The first-order valence-corrected chi connectivity index (χ1v) is 13.5. The van der Waals surface area contributed by atoms with Crippen LogP contribution >= 0.6 is 11.3 Å². The molecule has 2 aliphatic carbocycles. The summed E-state index contributed by atoms with van der Waals surface area (Å²) in [5.41, 5.74) is 0.282. The van der Waals surface area contributed by atoms with Crippen molar-refractivity contribution in [3.8, 4) is 5.75 Å². The highest BCUT2D eigenvalue weighted by Gasteiger charge is 2.59. The number of hydrogen-bond donors (Lipinski definition) is 3. The summed E-state index contributed by atoms with van der Waals surface area (Å²) in [5.74, 6) is 0.134. The highest BCUT2D eigenvalue weighted by atomic mass is 32.1. The number of carbonyl (C=O) groups is 2. The van der Waals surface area contributed by atoms with Crippen LogP contribution in [0.5, 0.6) is 5.75 Å². The number of nitrogens with zero attached hydrogens (tertiary/aromatic N) is 2. The first-order valence-electron chi connectivity index (χ1n) is 12.7. The monoisotopic (exact) mass is 527 g/mol. The molecular weight excluding hydrogens is 490 g/mol. The zero-order chi connectivity index (χ0) is 27.0. The maximum atomic E-state index is 13.2. The van der Waals surface area contributed by atoms with Gasteiger partial charge in [0, 0.05) is 41.8 Å². The Labute approximate surface area is 222 Å². The highest BCUT2D eigenvalue weighted by molar-refractivity contribution is 7.15. The molecule has 4 rings (SSSR count). The third-order valence-corrected chi connectivity index (χ3v) is 9.68. The van der Waals surface area contributed by atoms with Crippen LogP contribution in [0.2, 0.25) is 0 Å². The van der Waals surface area contributed by atoms with Crippen LogP contribution in [-0.4, -0.2) is 65.3 Å². The number of methoxy groups -OCH3 is 1. The Morgan fingerprint density at radius 1 is 1.32 bits per heavy atom. The molecule has 2 amide bonds. The van der Waals surface area contributed by atoms with Gasteiger partial charge in [-0.15, -0.1) is 17.9 Å². The number of amides is 2. The van der Waals surface area contributed by atoms with E-state index in [1.165, 1.54) is 11.3 Å². The Balaban J connectivity index is 1.70. The Morgan fingerprint density at radius 2 is 2.03 bits per heavy atom. The smallest absolute Gasteiger partial charge is 0.257 e. The number of aromatic nitrogens is 1. The molecule has 2 aliphatic rings. The molecule has 1 aromatic heterocycles. The van der Waals surface area contributed by atoms with Gasteiger partial charge in [0.05, 0.1) is 25.5 Å². The highest BCUT2D eigenvalue weighted by Crippen LogP contribution is 2.62. The molecule has 0 radical (unpaired) electrons. The SMILES string of the molecule is C=CCN(C)C(=O)CC1c2nc(NC(=O)c3ccc(OC)cc3)sc2CC2C(C)(CO)C(O)CCC12C. The number of fused-ring (bicyclic) bond motifs is 2. The van der Waals surface area contributed by atoms with E-state index in [1.54, 1.807) is 49.4 Å². The first-order chi connectivity index (χ1) is 17.6. The lowest BCUT2D eigenvalue weighted by molar-refractivity contribution is -0.146. The van der Waals surface area contributed by atoms with Crippen molar-refractivity contribution in [2.75, 3.05) is 32.6 Å². The van der Waals surface area contributed by atoms with Crippen molar-refractivity contribution < 1.29 is 24.5 Å². The molecule has 8 nitrogen and oxygen atoms in total. The van der Waals surface area contributed by atoms with Crippen LogP contribution in [0.3, 0.4) is 0 Å². The maximum Gasteiger partial charge on any atom is 0.257 e. The van der Waals surface area contributed by atoms with Crippen molar-refractivity contribution >= 4 is 28.3 Å². The average Bonchev–Trinajstić information content (AvgIpc) is 3.29. The maximum absolute atomic E-state index is 13.2. The second-order valence-electron chi connectivity index (χ2n) is 10.8. The number of aliphatic hydroxyl groups is 2. The minimum Gasteiger partial charge on any atom is -0.497 e. The van der Waals surface area contributed by atoms with Crippen molar-refractivity contribution in [3.05, 3.63) is 53.1 Å².